The molecule has 0 atom stereocenters. The molecule has 1 aliphatic rings. The Morgan fingerprint density at radius 2 is 1.88 bits per heavy atom. The van der Waals surface area contributed by atoms with Crippen LogP contribution in [-0.2, 0) is 25.9 Å². The third kappa shape index (κ3) is 3.77. The van der Waals surface area contributed by atoms with Gasteiger partial charge >= 0.3 is 0 Å². The molecule has 0 spiro atoms. The number of aryl methyl sites for hydroxylation is 3. The van der Waals surface area contributed by atoms with Crippen molar-refractivity contribution in [1.29, 1.82) is 0 Å². The van der Waals surface area contributed by atoms with Crippen LogP contribution in [0.2, 0.25) is 0 Å². The highest BCUT2D eigenvalue weighted by molar-refractivity contribution is 5.74. The largest absolute Gasteiger partial charge is 0.294 e. The molecule has 0 saturated heterocycles. The smallest absolute Gasteiger partial charge is 0.266 e. The van der Waals surface area contributed by atoms with Gasteiger partial charge in [0.15, 0.2) is 0 Å². The lowest BCUT2D eigenvalue weighted by Crippen LogP contribution is -2.23. The summed E-state index contributed by atoms with van der Waals surface area (Å²) in [5.74, 6) is 2.06. The highest BCUT2D eigenvalue weighted by Crippen LogP contribution is 2.24. The van der Waals surface area contributed by atoms with Gasteiger partial charge in [0.2, 0.25) is 5.78 Å². The first kappa shape index (κ1) is 20.4. The fourth-order valence-corrected chi connectivity index (χ4v) is 4.28. The van der Waals surface area contributed by atoms with Crippen molar-refractivity contribution >= 4 is 17.8 Å². The SMILES string of the molecule is CCCCCn1c2c(c(=O)n3c(CCCn4cc(-c5ccccc5)cn4)nnc13)CC=N2. The highest BCUT2D eigenvalue weighted by atomic mass is 16.1. The van der Waals surface area contributed by atoms with Crippen LogP contribution in [0, 0.1) is 0 Å². The maximum Gasteiger partial charge on any atom is 0.266 e. The Labute approximate surface area is 186 Å². The van der Waals surface area contributed by atoms with E-state index in [1.807, 2.05) is 35.3 Å². The fraction of sp³-hybridized carbons (Fsp3) is 0.375. The summed E-state index contributed by atoms with van der Waals surface area (Å²) in [7, 11) is 0. The summed E-state index contributed by atoms with van der Waals surface area (Å²) in [6.07, 6.45) is 11.1. The minimum Gasteiger partial charge on any atom is -0.294 e. The van der Waals surface area contributed by atoms with E-state index in [1.54, 1.807) is 4.40 Å². The van der Waals surface area contributed by atoms with Crippen molar-refractivity contribution in [3.8, 4) is 11.1 Å². The molecule has 0 unspecified atom stereocenters. The lowest BCUT2D eigenvalue weighted by Gasteiger charge is -2.12. The molecule has 0 fully saturated rings. The Morgan fingerprint density at radius 1 is 1.00 bits per heavy atom. The van der Waals surface area contributed by atoms with Gasteiger partial charge in [0.1, 0.15) is 11.6 Å². The van der Waals surface area contributed by atoms with Crippen molar-refractivity contribution in [2.24, 2.45) is 4.99 Å². The van der Waals surface area contributed by atoms with Gasteiger partial charge in [-0.1, -0.05) is 50.1 Å². The second kappa shape index (κ2) is 8.90. The Bertz CT molecular complexity index is 1310. The molecule has 5 rings (SSSR count). The molecule has 164 valence electrons. The van der Waals surface area contributed by atoms with E-state index in [4.69, 9.17) is 0 Å². The first-order valence-corrected chi connectivity index (χ1v) is 11.4. The molecule has 1 aromatic carbocycles. The van der Waals surface area contributed by atoms with Gasteiger partial charge < -0.3 is 0 Å². The van der Waals surface area contributed by atoms with Gasteiger partial charge in [0, 0.05) is 43.9 Å². The van der Waals surface area contributed by atoms with Crippen molar-refractivity contribution in [1.82, 2.24) is 28.9 Å². The van der Waals surface area contributed by atoms with Crippen molar-refractivity contribution in [2.75, 3.05) is 0 Å². The predicted molar refractivity (Wildman–Crippen MR) is 125 cm³/mol. The normalized spacial score (nSPS) is 12.7. The number of hydrogen-bond acceptors (Lipinski definition) is 5. The van der Waals surface area contributed by atoms with Crippen LogP contribution in [0.25, 0.3) is 16.9 Å². The maximum absolute atomic E-state index is 13.1. The Hall–Kier alpha value is -3.55. The molecule has 4 heterocycles. The third-order valence-electron chi connectivity index (χ3n) is 5.96. The van der Waals surface area contributed by atoms with Crippen molar-refractivity contribution in [2.45, 2.75) is 58.5 Å². The van der Waals surface area contributed by atoms with Gasteiger partial charge in [0.25, 0.3) is 5.56 Å². The molecule has 32 heavy (non-hydrogen) atoms. The van der Waals surface area contributed by atoms with E-state index < -0.39 is 0 Å². The van der Waals surface area contributed by atoms with Crippen LogP contribution >= 0.6 is 0 Å². The molecule has 0 aliphatic carbocycles. The van der Waals surface area contributed by atoms with Gasteiger partial charge in [-0.05, 0) is 18.4 Å². The van der Waals surface area contributed by atoms with Gasteiger partial charge in [-0.15, -0.1) is 10.2 Å². The summed E-state index contributed by atoms with van der Waals surface area (Å²) in [4.78, 5) is 17.6. The van der Waals surface area contributed by atoms with Gasteiger partial charge in [0.05, 0.1) is 11.8 Å². The summed E-state index contributed by atoms with van der Waals surface area (Å²) in [6, 6.07) is 10.2. The third-order valence-corrected chi connectivity index (χ3v) is 5.96. The zero-order valence-electron chi connectivity index (χ0n) is 18.3. The monoisotopic (exact) mass is 429 g/mol. The molecule has 8 nitrogen and oxygen atoms in total. The van der Waals surface area contributed by atoms with Crippen molar-refractivity contribution < 1.29 is 0 Å². The quantitative estimate of drug-likeness (QED) is 0.379. The molecule has 4 aromatic rings. The molecular formula is C24H27N7O. The van der Waals surface area contributed by atoms with Crippen LogP contribution in [-0.4, -0.2) is 35.2 Å². The first-order chi connectivity index (χ1) is 15.8. The Morgan fingerprint density at radius 3 is 2.72 bits per heavy atom. The topological polar surface area (TPSA) is 82.4 Å². The first-order valence-electron chi connectivity index (χ1n) is 11.4. The van der Waals surface area contributed by atoms with Crippen LogP contribution in [0.3, 0.4) is 0 Å². The maximum atomic E-state index is 13.1. The van der Waals surface area contributed by atoms with Crippen LogP contribution in [0.5, 0.6) is 0 Å². The van der Waals surface area contributed by atoms with E-state index in [1.165, 1.54) is 0 Å². The summed E-state index contributed by atoms with van der Waals surface area (Å²) in [5.41, 5.74) is 2.96. The number of hydrogen-bond donors (Lipinski definition) is 0. The number of nitrogens with zero attached hydrogens (tertiary/aromatic N) is 7. The molecule has 1 aliphatic heterocycles. The predicted octanol–water partition coefficient (Wildman–Crippen LogP) is 3.84. The molecule has 0 bridgehead atoms. The van der Waals surface area contributed by atoms with E-state index in [2.05, 4.69) is 50.1 Å². The van der Waals surface area contributed by atoms with Crippen molar-refractivity contribution in [3.05, 3.63) is 64.5 Å². The zero-order chi connectivity index (χ0) is 21.9. The van der Waals surface area contributed by atoms with Crippen LogP contribution < -0.4 is 5.56 Å². The second-order valence-electron chi connectivity index (χ2n) is 8.20. The average Bonchev–Trinajstić information content (AvgIpc) is 3.57. The minimum absolute atomic E-state index is 0.0373. The molecule has 8 heteroatoms. The molecule has 0 radical (unpaired) electrons. The van der Waals surface area contributed by atoms with Crippen LogP contribution in [0.4, 0.5) is 5.82 Å². The summed E-state index contributed by atoms with van der Waals surface area (Å²) >= 11 is 0. The van der Waals surface area contributed by atoms with Gasteiger partial charge in [-0.25, -0.2) is 9.39 Å². The molecule has 0 N–H and O–H groups in total. The number of rotatable bonds is 9. The van der Waals surface area contributed by atoms with Gasteiger partial charge in [-0.2, -0.15) is 5.10 Å². The standard InChI is InChI=1S/C24H27N7O/c1-2-3-7-15-30-22-20(12-13-25-22)23(32)31-21(27-28-24(30)31)11-8-14-29-17-19(16-26-29)18-9-5-4-6-10-18/h4-6,9-10,13,16-17H,2-3,7-8,11-12,14-15H2,1H3. The summed E-state index contributed by atoms with van der Waals surface area (Å²) < 4.78 is 5.70. The number of aromatic nitrogens is 6. The van der Waals surface area contributed by atoms with E-state index in [-0.39, 0.29) is 5.56 Å². The van der Waals surface area contributed by atoms with E-state index in [0.29, 0.717) is 24.4 Å². The van der Waals surface area contributed by atoms with Gasteiger partial charge in [-0.3, -0.25) is 14.0 Å². The van der Waals surface area contributed by atoms with E-state index in [0.717, 1.165) is 61.3 Å². The number of fused-ring (bicyclic) bond motifs is 2. The minimum atomic E-state index is -0.0373. The van der Waals surface area contributed by atoms with Crippen LogP contribution in [0.1, 0.15) is 44.0 Å². The zero-order valence-corrected chi connectivity index (χ0v) is 18.3. The average molecular weight is 430 g/mol. The fourth-order valence-electron chi connectivity index (χ4n) is 4.28. The molecular weight excluding hydrogens is 402 g/mol. The number of unbranched alkanes of at least 4 members (excludes halogenated alkanes) is 2. The molecule has 0 amide bonds. The lowest BCUT2D eigenvalue weighted by atomic mass is 10.1. The van der Waals surface area contributed by atoms with Crippen molar-refractivity contribution in [3.63, 3.8) is 0 Å². The van der Waals surface area contributed by atoms with E-state index >= 15 is 0 Å². The number of benzene rings is 1. The van der Waals surface area contributed by atoms with E-state index in [9.17, 15) is 4.79 Å². The highest BCUT2D eigenvalue weighted by Gasteiger charge is 2.22. The number of aliphatic imine (C=N–C) groups is 1. The second-order valence-corrected chi connectivity index (χ2v) is 8.20. The molecule has 3 aromatic heterocycles. The lowest BCUT2D eigenvalue weighted by molar-refractivity contribution is 0.567. The van der Waals surface area contributed by atoms with Crippen LogP contribution in [0.15, 0.2) is 52.5 Å². The Balaban J connectivity index is 1.35. The summed E-state index contributed by atoms with van der Waals surface area (Å²) in [6.45, 7) is 3.73. The molecule has 0 saturated carbocycles. The summed E-state index contributed by atoms with van der Waals surface area (Å²) in [5, 5.41) is 13.3. The Kier molecular flexibility index (Phi) is 5.66.